The zero-order valence-electron chi connectivity index (χ0n) is 13.1. The normalized spacial score (nSPS) is 15.9. The second-order valence-electron chi connectivity index (χ2n) is 6.34. The summed E-state index contributed by atoms with van der Waals surface area (Å²) in [6.45, 7) is 2.23. The van der Waals surface area contributed by atoms with Crippen molar-refractivity contribution in [2.45, 2.75) is 45.1 Å². The molecule has 4 nitrogen and oxygen atoms in total. The minimum absolute atomic E-state index is 0.0901. The number of aromatic amines is 1. The lowest BCUT2D eigenvalue weighted by Crippen LogP contribution is -2.37. The molecule has 1 fully saturated rings. The Hall–Kier alpha value is -1.81. The van der Waals surface area contributed by atoms with E-state index in [1.54, 1.807) is 0 Å². The van der Waals surface area contributed by atoms with Crippen molar-refractivity contribution in [1.82, 2.24) is 10.3 Å². The van der Waals surface area contributed by atoms with Gasteiger partial charge in [0.2, 0.25) is 5.91 Å². The number of amides is 1. The largest absolute Gasteiger partial charge is 0.396 e. The lowest BCUT2D eigenvalue weighted by molar-refractivity contribution is -0.122. The van der Waals surface area contributed by atoms with Crippen LogP contribution in [0.3, 0.4) is 0 Å². The van der Waals surface area contributed by atoms with Crippen LogP contribution in [-0.2, 0) is 11.2 Å². The van der Waals surface area contributed by atoms with Crippen molar-refractivity contribution in [3.05, 3.63) is 35.5 Å². The summed E-state index contributed by atoms with van der Waals surface area (Å²) in [6.07, 6.45) is 6.26. The molecule has 1 saturated carbocycles. The van der Waals surface area contributed by atoms with Crippen LogP contribution < -0.4 is 5.32 Å². The molecule has 1 aromatic heterocycles. The van der Waals surface area contributed by atoms with Crippen molar-refractivity contribution in [3.63, 3.8) is 0 Å². The van der Waals surface area contributed by atoms with Gasteiger partial charge in [-0.2, -0.15) is 0 Å². The Morgan fingerprint density at radius 2 is 2.27 bits per heavy atom. The monoisotopic (exact) mass is 300 g/mol. The van der Waals surface area contributed by atoms with Crippen LogP contribution in [0.5, 0.6) is 0 Å². The van der Waals surface area contributed by atoms with Crippen molar-refractivity contribution < 1.29 is 9.90 Å². The lowest BCUT2D eigenvalue weighted by atomic mass is 10.1. The number of hydrogen-bond acceptors (Lipinski definition) is 2. The summed E-state index contributed by atoms with van der Waals surface area (Å²) in [5.74, 6) is 0.666. The number of benzene rings is 1. The van der Waals surface area contributed by atoms with Crippen LogP contribution in [0.1, 0.15) is 36.8 Å². The standard InChI is InChI=1S/C18H24N2O2/c1-12-3-2-4-15-14(11-19-18(12)15)7-8-17(22)20-16(9-10-21)13-5-6-13/h2-4,11,13,16,19,21H,5-10H2,1H3,(H,20,22). The summed E-state index contributed by atoms with van der Waals surface area (Å²) in [4.78, 5) is 15.5. The number of H-pyrrole nitrogens is 1. The van der Waals surface area contributed by atoms with E-state index < -0.39 is 0 Å². The molecule has 1 unspecified atom stereocenters. The maximum absolute atomic E-state index is 12.2. The summed E-state index contributed by atoms with van der Waals surface area (Å²) in [6, 6.07) is 6.40. The quantitative estimate of drug-likeness (QED) is 0.736. The van der Waals surface area contributed by atoms with Crippen LogP contribution in [0.2, 0.25) is 0 Å². The van der Waals surface area contributed by atoms with E-state index in [0.717, 1.165) is 11.9 Å². The van der Waals surface area contributed by atoms with Gasteiger partial charge in [0.25, 0.3) is 0 Å². The first kappa shape index (κ1) is 15.1. The van der Waals surface area contributed by atoms with Crippen LogP contribution in [0.15, 0.2) is 24.4 Å². The first-order valence-corrected chi connectivity index (χ1v) is 8.15. The third kappa shape index (κ3) is 3.33. The lowest BCUT2D eigenvalue weighted by Gasteiger charge is -2.17. The molecule has 4 heteroatoms. The average Bonchev–Trinajstić information content (AvgIpc) is 3.26. The molecule has 118 valence electrons. The Morgan fingerprint density at radius 1 is 1.45 bits per heavy atom. The van der Waals surface area contributed by atoms with E-state index in [2.05, 4.69) is 35.4 Å². The van der Waals surface area contributed by atoms with E-state index >= 15 is 0 Å². The van der Waals surface area contributed by atoms with E-state index in [1.165, 1.54) is 29.4 Å². The van der Waals surface area contributed by atoms with Crippen LogP contribution in [-0.4, -0.2) is 28.6 Å². The highest BCUT2D eigenvalue weighted by molar-refractivity contribution is 5.86. The van der Waals surface area contributed by atoms with Gasteiger partial charge in [-0.25, -0.2) is 0 Å². The summed E-state index contributed by atoms with van der Waals surface area (Å²) >= 11 is 0. The van der Waals surface area contributed by atoms with E-state index in [-0.39, 0.29) is 18.6 Å². The third-order valence-corrected chi connectivity index (χ3v) is 4.61. The van der Waals surface area contributed by atoms with E-state index in [0.29, 0.717) is 18.8 Å². The summed E-state index contributed by atoms with van der Waals surface area (Å²) < 4.78 is 0. The number of aryl methyl sites for hydroxylation is 2. The van der Waals surface area contributed by atoms with Gasteiger partial charge in [0.1, 0.15) is 0 Å². The number of aliphatic hydroxyl groups is 1. The van der Waals surface area contributed by atoms with Gasteiger partial charge in [-0.1, -0.05) is 18.2 Å². The van der Waals surface area contributed by atoms with Gasteiger partial charge in [0.15, 0.2) is 0 Å². The summed E-state index contributed by atoms with van der Waals surface area (Å²) in [7, 11) is 0. The highest BCUT2D eigenvalue weighted by Gasteiger charge is 2.31. The number of nitrogens with one attached hydrogen (secondary N) is 2. The zero-order chi connectivity index (χ0) is 15.5. The van der Waals surface area contributed by atoms with E-state index in [9.17, 15) is 4.79 Å². The summed E-state index contributed by atoms with van der Waals surface area (Å²) in [5, 5.41) is 13.4. The van der Waals surface area contributed by atoms with Gasteiger partial charge in [-0.15, -0.1) is 0 Å². The van der Waals surface area contributed by atoms with Gasteiger partial charge < -0.3 is 15.4 Å². The fourth-order valence-electron chi connectivity index (χ4n) is 3.16. The molecule has 3 N–H and O–H groups in total. The highest BCUT2D eigenvalue weighted by Crippen LogP contribution is 2.34. The van der Waals surface area contributed by atoms with E-state index in [4.69, 9.17) is 5.11 Å². The molecular weight excluding hydrogens is 276 g/mol. The number of fused-ring (bicyclic) bond motifs is 1. The first-order chi connectivity index (χ1) is 10.7. The molecule has 1 amide bonds. The van der Waals surface area contributed by atoms with Gasteiger partial charge in [-0.05, 0) is 49.7 Å². The molecule has 0 aliphatic heterocycles. The molecule has 1 aliphatic carbocycles. The first-order valence-electron chi connectivity index (χ1n) is 8.15. The van der Waals surface area contributed by atoms with Gasteiger partial charge in [0.05, 0.1) is 0 Å². The van der Waals surface area contributed by atoms with Crippen molar-refractivity contribution in [1.29, 1.82) is 0 Å². The number of aromatic nitrogens is 1. The second-order valence-corrected chi connectivity index (χ2v) is 6.34. The number of rotatable bonds is 7. The molecule has 0 spiro atoms. The Morgan fingerprint density at radius 3 is 3.00 bits per heavy atom. The molecule has 3 rings (SSSR count). The maximum Gasteiger partial charge on any atom is 0.220 e. The topological polar surface area (TPSA) is 65.1 Å². The fourth-order valence-corrected chi connectivity index (χ4v) is 3.16. The average molecular weight is 300 g/mol. The molecule has 1 aromatic carbocycles. The second kappa shape index (κ2) is 6.53. The molecule has 0 radical (unpaired) electrons. The van der Waals surface area contributed by atoms with Crippen molar-refractivity contribution in [3.8, 4) is 0 Å². The predicted octanol–water partition coefficient (Wildman–Crippen LogP) is 2.69. The Labute approximate surface area is 130 Å². The highest BCUT2D eigenvalue weighted by atomic mass is 16.3. The predicted molar refractivity (Wildman–Crippen MR) is 87.7 cm³/mol. The van der Waals surface area contributed by atoms with Gasteiger partial charge >= 0.3 is 0 Å². The minimum Gasteiger partial charge on any atom is -0.396 e. The van der Waals surface area contributed by atoms with Gasteiger partial charge in [-0.3, -0.25) is 4.79 Å². The Bertz CT molecular complexity index is 658. The van der Waals surface area contributed by atoms with Crippen molar-refractivity contribution in [2.24, 2.45) is 5.92 Å². The van der Waals surface area contributed by atoms with Gasteiger partial charge in [0, 0.05) is 36.2 Å². The molecule has 0 bridgehead atoms. The van der Waals surface area contributed by atoms with Crippen molar-refractivity contribution >= 4 is 16.8 Å². The molecule has 22 heavy (non-hydrogen) atoms. The Kier molecular flexibility index (Phi) is 4.48. The third-order valence-electron chi connectivity index (χ3n) is 4.61. The van der Waals surface area contributed by atoms with E-state index in [1.807, 2.05) is 6.20 Å². The zero-order valence-corrected chi connectivity index (χ0v) is 13.1. The maximum atomic E-state index is 12.2. The van der Waals surface area contributed by atoms with Crippen LogP contribution in [0, 0.1) is 12.8 Å². The SMILES string of the molecule is Cc1cccc2c(CCC(=O)NC(CCO)C3CC3)c[nH]c12. The minimum atomic E-state index is 0.0901. The summed E-state index contributed by atoms with van der Waals surface area (Å²) in [5.41, 5.74) is 3.58. The number of para-hydroxylation sites is 1. The Balaban J connectivity index is 1.59. The van der Waals surface area contributed by atoms with Crippen LogP contribution in [0.25, 0.3) is 10.9 Å². The van der Waals surface area contributed by atoms with Crippen molar-refractivity contribution in [2.75, 3.05) is 6.61 Å². The van der Waals surface area contributed by atoms with Crippen LogP contribution in [0.4, 0.5) is 0 Å². The smallest absolute Gasteiger partial charge is 0.220 e. The number of carbonyl (C=O) groups is 1. The molecule has 1 heterocycles. The molecule has 1 atom stereocenters. The van der Waals surface area contributed by atoms with Crippen LogP contribution >= 0.6 is 0 Å². The molecule has 1 aliphatic rings. The molecule has 2 aromatic rings. The number of carbonyl (C=O) groups excluding carboxylic acids is 1. The fraction of sp³-hybridized carbons (Fsp3) is 0.500. The molecule has 0 saturated heterocycles. The number of hydrogen-bond donors (Lipinski definition) is 3. The molecular formula is C18H24N2O2. The number of aliphatic hydroxyl groups excluding tert-OH is 1.